The molecule has 3 heteroatoms. The number of benzene rings is 1. The van der Waals surface area contributed by atoms with Crippen LogP contribution in [-0.4, -0.2) is 12.6 Å². The van der Waals surface area contributed by atoms with Crippen molar-refractivity contribution in [2.45, 2.75) is 25.3 Å². The molecule has 1 aromatic rings. The summed E-state index contributed by atoms with van der Waals surface area (Å²) in [7, 11) is 0. The molecule has 2 rings (SSSR count). The topological polar surface area (TPSA) is 12.0 Å². The van der Waals surface area contributed by atoms with Gasteiger partial charge in [-0.2, -0.15) is 0 Å². The van der Waals surface area contributed by atoms with Crippen molar-refractivity contribution in [2.24, 2.45) is 0 Å². The molecule has 0 spiro atoms. The Morgan fingerprint density at radius 1 is 1.50 bits per heavy atom. The van der Waals surface area contributed by atoms with Crippen molar-refractivity contribution in [3.63, 3.8) is 0 Å². The Morgan fingerprint density at radius 2 is 2.36 bits per heavy atom. The highest BCUT2D eigenvalue weighted by atomic mass is 35.5. The summed E-state index contributed by atoms with van der Waals surface area (Å²) < 4.78 is 12.9. The van der Waals surface area contributed by atoms with Crippen LogP contribution < -0.4 is 5.32 Å². The Kier molecular flexibility index (Phi) is 3.04. The van der Waals surface area contributed by atoms with E-state index in [9.17, 15) is 4.39 Å². The van der Waals surface area contributed by atoms with Crippen LogP contribution in [0.4, 0.5) is 4.39 Å². The first-order valence-corrected chi connectivity index (χ1v) is 5.31. The number of hydrogen-bond acceptors (Lipinski definition) is 1. The monoisotopic (exact) mass is 213 g/mol. The minimum atomic E-state index is -0.338. The van der Waals surface area contributed by atoms with E-state index in [4.69, 9.17) is 11.6 Å². The van der Waals surface area contributed by atoms with Gasteiger partial charge in [0.05, 0.1) is 5.02 Å². The van der Waals surface area contributed by atoms with Gasteiger partial charge >= 0.3 is 0 Å². The first kappa shape index (κ1) is 9.94. The van der Waals surface area contributed by atoms with Crippen LogP contribution >= 0.6 is 11.6 Å². The molecule has 0 amide bonds. The third-order valence-electron chi connectivity index (χ3n) is 2.63. The van der Waals surface area contributed by atoms with Gasteiger partial charge in [0, 0.05) is 6.04 Å². The van der Waals surface area contributed by atoms with Gasteiger partial charge in [-0.25, -0.2) is 4.39 Å². The molecule has 0 unspecified atom stereocenters. The van der Waals surface area contributed by atoms with Gasteiger partial charge in [-0.05, 0) is 43.5 Å². The highest BCUT2D eigenvalue weighted by Crippen LogP contribution is 2.18. The Balaban J connectivity index is 2.05. The fraction of sp³-hybridized carbons (Fsp3) is 0.455. The first-order valence-electron chi connectivity index (χ1n) is 4.93. The quantitative estimate of drug-likeness (QED) is 0.797. The van der Waals surface area contributed by atoms with Crippen LogP contribution in [0.15, 0.2) is 18.2 Å². The number of nitrogens with one attached hydrogen (secondary N) is 1. The lowest BCUT2D eigenvalue weighted by Crippen LogP contribution is -2.23. The second-order valence-corrected chi connectivity index (χ2v) is 4.15. The smallest absolute Gasteiger partial charge is 0.141 e. The van der Waals surface area contributed by atoms with E-state index in [0.29, 0.717) is 6.04 Å². The summed E-state index contributed by atoms with van der Waals surface area (Å²) >= 11 is 5.70. The van der Waals surface area contributed by atoms with Gasteiger partial charge in [0.25, 0.3) is 0 Å². The van der Waals surface area contributed by atoms with Crippen LogP contribution in [0.25, 0.3) is 0 Å². The minimum Gasteiger partial charge on any atom is -0.314 e. The zero-order valence-corrected chi connectivity index (χ0v) is 8.65. The van der Waals surface area contributed by atoms with Gasteiger partial charge in [-0.3, -0.25) is 0 Å². The highest BCUT2D eigenvalue weighted by molar-refractivity contribution is 6.30. The van der Waals surface area contributed by atoms with E-state index >= 15 is 0 Å². The standard InChI is InChI=1S/C11H13ClFN/c12-10-7-8(3-4-11(10)13)6-9-2-1-5-14-9/h3-4,7,9,14H,1-2,5-6H2/t9-/m0/s1. The molecule has 0 saturated carbocycles. The molecule has 76 valence electrons. The molecule has 1 heterocycles. The summed E-state index contributed by atoms with van der Waals surface area (Å²) in [5.41, 5.74) is 1.11. The zero-order valence-electron chi connectivity index (χ0n) is 7.89. The average molecular weight is 214 g/mol. The van der Waals surface area contributed by atoms with Crippen molar-refractivity contribution >= 4 is 11.6 Å². The van der Waals surface area contributed by atoms with E-state index in [1.165, 1.54) is 18.9 Å². The molecular formula is C11H13ClFN. The van der Waals surface area contributed by atoms with Crippen LogP contribution in [0, 0.1) is 5.82 Å². The van der Waals surface area contributed by atoms with Crippen molar-refractivity contribution in [1.29, 1.82) is 0 Å². The molecule has 0 aliphatic carbocycles. The minimum absolute atomic E-state index is 0.223. The number of hydrogen-bond donors (Lipinski definition) is 1. The van der Waals surface area contributed by atoms with Crippen molar-refractivity contribution in [1.82, 2.24) is 5.32 Å². The van der Waals surface area contributed by atoms with Gasteiger partial charge in [0.2, 0.25) is 0 Å². The molecular weight excluding hydrogens is 201 g/mol. The van der Waals surface area contributed by atoms with E-state index in [-0.39, 0.29) is 10.8 Å². The lowest BCUT2D eigenvalue weighted by molar-refractivity contribution is 0.598. The first-order chi connectivity index (χ1) is 6.75. The SMILES string of the molecule is Fc1ccc(C[C@@H]2CCCN2)cc1Cl. The molecule has 0 radical (unpaired) electrons. The van der Waals surface area contributed by atoms with Crippen LogP contribution in [0.1, 0.15) is 18.4 Å². The van der Waals surface area contributed by atoms with E-state index in [1.807, 2.05) is 0 Å². The van der Waals surface area contributed by atoms with Crippen molar-refractivity contribution in [3.8, 4) is 0 Å². The summed E-state index contributed by atoms with van der Waals surface area (Å²) in [4.78, 5) is 0. The van der Waals surface area contributed by atoms with E-state index in [1.54, 1.807) is 12.1 Å². The number of halogens is 2. The van der Waals surface area contributed by atoms with Crippen LogP contribution in [-0.2, 0) is 6.42 Å². The second-order valence-electron chi connectivity index (χ2n) is 3.75. The summed E-state index contributed by atoms with van der Waals surface area (Å²) in [6.45, 7) is 1.10. The van der Waals surface area contributed by atoms with Gasteiger partial charge in [0.1, 0.15) is 5.82 Å². The molecule has 0 aromatic heterocycles. The summed E-state index contributed by atoms with van der Waals surface area (Å²) in [5.74, 6) is -0.338. The maximum atomic E-state index is 12.9. The van der Waals surface area contributed by atoms with Crippen LogP contribution in [0.2, 0.25) is 5.02 Å². The number of rotatable bonds is 2. The zero-order chi connectivity index (χ0) is 9.97. The van der Waals surface area contributed by atoms with Crippen molar-refractivity contribution in [3.05, 3.63) is 34.6 Å². The largest absolute Gasteiger partial charge is 0.314 e. The molecule has 1 aliphatic rings. The lowest BCUT2D eigenvalue weighted by Gasteiger charge is -2.10. The Hall–Kier alpha value is -0.600. The highest BCUT2D eigenvalue weighted by Gasteiger charge is 2.14. The molecule has 0 bridgehead atoms. The molecule has 1 fully saturated rings. The summed E-state index contributed by atoms with van der Waals surface area (Å²) in [6, 6.07) is 5.50. The summed E-state index contributed by atoms with van der Waals surface area (Å²) in [6.07, 6.45) is 3.38. The van der Waals surface area contributed by atoms with Gasteiger partial charge < -0.3 is 5.32 Å². The fourth-order valence-electron chi connectivity index (χ4n) is 1.88. The van der Waals surface area contributed by atoms with E-state index in [2.05, 4.69) is 5.32 Å². The molecule has 1 aliphatic heterocycles. The van der Waals surface area contributed by atoms with Gasteiger partial charge in [-0.1, -0.05) is 17.7 Å². The molecule has 14 heavy (non-hydrogen) atoms. The Morgan fingerprint density at radius 3 is 3.00 bits per heavy atom. The fourth-order valence-corrected chi connectivity index (χ4v) is 2.09. The lowest BCUT2D eigenvalue weighted by atomic mass is 10.0. The Bertz CT molecular complexity index is 321. The molecule has 1 N–H and O–H groups in total. The maximum Gasteiger partial charge on any atom is 0.141 e. The van der Waals surface area contributed by atoms with E-state index < -0.39 is 0 Å². The van der Waals surface area contributed by atoms with Crippen LogP contribution in [0.5, 0.6) is 0 Å². The Labute approximate surface area is 88.3 Å². The van der Waals surface area contributed by atoms with Crippen molar-refractivity contribution in [2.75, 3.05) is 6.54 Å². The maximum absolute atomic E-state index is 12.9. The summed E-state index contributed by atoms with van der Waals surface area (Å²) in [5, 5.41) is 3.62. The average Bonchev–Trinajstić information content (AvgIpc) is 2.64. The van der Waals surface area contributed by atoms with Crippen LogP contribution in [0.3, 0.4) is 0 Å². The third-order valence-corrected chi connectivity index (χ3v) is 2.92. The molecule has 1 saturated heterocycles. The van der Waals surface area contributed by atoms with Crippen molar-refractivity contribution < 1.29 is 4.39 Å². The third kappa shape index (κ3) is 2.25. The normalized spacial score (nSPS) is 21.4. The predicted octanol–water partition coefficient (Wildman–Crippen LogP) is 2.77. The van der Waals surface area contributed by atoms with Gasteiger partial charge in [-0.15, -0.1) is 0 Å². The van der Waals surface area contributed by atoms with Gasteiger partial charge in [0.15, 0.2) is 0 Å². The molecule has 1 atom stereocenters. The molecule has 1 aromatic carbocycles. The second kappa shape index (κ2) is 4.28. The predicted molar refractivity (Wildman–Crippen MR) is 56.1 cm³/mol. The molecule has 1 nitrogen and oxygen atoms in total. The van der Waals surface area contributed by atoms with E-state index in [0.717, 1.165) is 18.5 Å².